The second-order valence-electron chi connectivity index (χ2n) is 2.94. The van der Waals surface area contributed by atoms with Crippen LogP contribution in [0, 0.1) is 6.92 Å². The molecule has 0 aliphatic carbocycles. The van der Waals surface area contributed by atoms with Crippen LogP contribution >= 0.6 is 34.5 Å². The summed E-state index contributed by atoms with van der Waals surface area (Å²) in [6, 6.07) is 5.61. The second kappa shape index (κ2) is 3.97. The van der Waals surface area contributed by atoms with E-state index in [4.69, 9.17) is 27.6 Å². The lowest BCUT2D eigenvalue weighted by atomic mass is 10.3. The Morgan fingerprint density at radius 3 is 2.64 bits per heavy atom. The van der Waals surface area contributed by atoms with Crippen LogP contribution in [-0.2, 0) is 0 Å². The van der Waals surface area contributed by atoms with E-state index in [1.165, 1.54) is 11.3 Å². The smallest absolute Gasteiger partial charge is 0.127 e. The van der Waals surface area contributed by atoms with E-state index >= 15 is 0 Å². The third kappa shape index (κ3) is 1.83. The molecular formula is C10H8Cl2OS. The van der Waals surface area contributed by atoms with Crippen molar-refractivity contribution in [2.45, 2.75) is 12.3 Å². The first-order chi connectivity index (χ1) is 6.68. The molecule has 0 saturated carbocycles. The maximum atomic E-state index is 6.22. The van der Waals surface area contributed by atoms with Gasteiger partial charge in [0.15, 0.2) is 0 Å². The van der Waals surface area contributed by atoms with E-state index in [1.807, 2.05) is 30.5 Å². The standard InChI is InChI=1S/C10H8Cl2OS/c1-6-2-3-8(13-6)9(12)10-7(11)4-5-14-10/h2-5,9H,1H3. The first-order valence-corrected chi connectivity index (χ1v) is 5.81. The number of thiophene rings is 1. The van der Waals surface area contributed by atoms with E-state index in [1.54, 1.807) is 0 Å². The monoisotopic (exact) mass is 246 g/mol. The number of furan rings is 1. The van der Waals surface area contributed by atoms with Crippen LogP contribution in [0.1, 0.15) is 21.8 Å². The average Bonchev–Trinajstić information content (AvgIpc) is 2.73. The maximum Gasteiger partial charge on any atom is 0.127 e. The molecule has 0 amide bonds. The third-order valence-corrected chi connectivity index (χ3v) is 3.87. The van der Waals surface area contributed by atoms with E-state index < -0.39 is 0 Å². The average molecular weight is 247 g/mol. The van der Waals surface area contributed by atoms with Crippen LogP contribution in [0.25, 0.3) is 0 Å². The van der Waals surface area contributed by atoms with E-state index in [9.17, 15) is 0 Å². The zero-order valence-electron chi connectivity index (χ0n) is 7.46. The molecule has 0 aliphatic rings. The number of alkyl halides is 1. The van der Waals surface area contributed by atoms with Crippen molar-refractivity contribution in [2.75, 3.05) is 0 Å². The normalized spacial score (nSPS) is 13.1. The fourth-order valence-corrected chi connectivity index (χ4v) is 2.80. The number of halogens is 2. The predicted molar refractivity (Wildman–Crippen MR) is 60.5 cm³/mol. The minimum atomic E-state index is -0.281. The van der Waals surface area contributed by atoms with Gasteiger partial charge in [-0.25, -0.2) is 0 Å². The first kappa shape index (κ1) is 10.1. The van der Waals surface area contributed by atoms with Gasteiger partial charge in [-0.05, 0) is 30.5 Å². The molecule has 2 rings (SSSR count). The zero-order chi connectivity index (χ0) is 10.1. The first-order valence-electron chi connectivity index (χ1n) is 4.12. The highest BCUT2D eigenvalue weighted by molar-refractivity contribution is 7.11. The Bertz CT molecular complexity index is 433. The molecule has 0 N–H and O–H groups in total. The van der Waals surface area contributed by atoms with E-state index in [-0.39, 0.29) is 5.38 Å². The van der Waals surface area contributed by atoms with Crippen molar-refractivity contribution >= 4 is 34.5 Å². The molecule has 0 saturated heterocycles. The molecule has 0 aliphatic heterocycles. The Balaban J connectivity index is 2.33. The number of hydrogen-bond donors (Lipinski definition) is 0. The summed E-state index contributed by atoms with van der Waals surface area (Å²) in [6.45, 7) is 1.89. The topological polar surface area (TPSA) is 13.1 Å². The molecule has 14 heavy (non-hydrogen) atoms. The van der Waals surface area contributed by atoms with Crippen molar-refractivity contribution in [3.8, 4) is 0 Å². The summed E-state index contributed by atoms with van der Waals surface area (Å²) in [4.78, 5) is 0.933. The molecule has 1 atom stereocenters. The van der Waals surface area contributed by atoms with Gasteiger partial charge in [0, 0.05) is 4.88 Å². The lowest BCUT2D eigenvalue weighted by Crippen LogP contribution is -1.87. The molecule has 0 radical (unpaired) electrons. The van der Waals surface area contributed by atoms with Crippen LogP contribution in [0.5, 0.6) is 0 Å². The van der Waals surface area contributed by atoms with Gasteiger partial charge in [-0.3, -0.25) is 0 Å². The molecule has 1 unspecified atom stereocenters. The lowest BCUT2D eigenvalue weighted by molar-refractivity contribution is 0.490. The van der Waals surface area contributed by atoms with Crippen molar-refractivity contribution in [3.63, 3.8) is 0 Å². The minimum Gasteiger partial charge on any atom is -0.464 e. The number of rotatable bonds is 2. The van der Waals surface area contributed by atoms with Gasteiger partial charge in [-0.1, -0.05) is 11.6 Å². The van der Waals surface area contributed by atoms with Crippen LogP contribution in [0.15, 0.2) is 28.0 Å². The largest absolute Gasteiger partial charge is 0.464 e. The Morgan fingerprint density at radius 2 is 2.14 bits per heavy atom. The molecule has 0 bridgehead atoms. The molecular weight excluding hydrogens is 239 g/mol. The van der Waals surface area contributed by atoms with E-state index in [2.05, 4.69) is 0 Å². The van der Waals surface area contributed by atoms with Crippen molar-refractivity contribution in [3.05, 3.63) is 45.0 Å². The SMILES string of the molecule is Cc1ccc(C(Cl)c2sccc2Cl)o1. The van der Waals surface area contributed by atoms with Crippen LogP contribution in [0.4, 0.5) is 0 Å². The molecule has 2 heterocycles. The van der Waals surface area contributed by atoms with Gasteiger partial charge in [-0.2, -0.15) is 0 Å². The van der Waals surface area contributed by atoms with Gasteiger partial charge in [-0.15, -0.1) is 22.9 Å². The van der Waals surface area contributed by atoms with Crippen molar-refractivity contribution < 1.29 is 4.42 Å². The van der Waals surface area contributed by atoms with Crippen molar-refractivity contribution in [1.82, 2.24) is 0 Å². The summed E-state index contributed by atoms with van der Waals surface area (Å²) in [5, 5.41) is 2.34. The maximum absolute atomic E-state index is 6.22. The predicted octanol–water partition coefficient (Wildman–Crippen LogP) is 4.63. The van der Waals surface area contributed by atoms with Crippen LogP contribution < -0.4 is 0 Å². The van der Waals surface area contributed by atoms with Gasteiger partial charge >= 0.3 is 0 Å². The summed E-state index contributed by atoms with van der Waals surface area (Å²) in [6.07, 6.45) is 0. The Morgan fingerprint density at radius 1 is 1.36 bits per heavy atom. The Labute approximate surface area is 96.3 Å². The molecule has 2 aromatic heterocycles. The van der Waals surface area contributed by atoms with E-state index in [0.717, 1.165) is 16.4 Å². The van der Waals surface area contributed by atoms with Gasteiger partial charge in [0.2, 0.25) is 0 Å². The summed E-state index contributed by atoms with van der Waals surface area (Å²) >= 11 is 13.7. The molecule has 0 fully saturated rings. The molecule has 1 nitrogen and oxygen atoms in total. The van der Waals surface area contributed by atoms with Crippen LogP contribution in [0.3, 0.4) is 0 Å². The highest BCUT2D eigenvalue weighted by Crippen LogP contribution is 2.37. The molecule has 4 heteroatoms. The van der Waals surface area contributed by atoms with Gasteiger partial charge in [0.25, 0.3) is 0 Å². The van der Waals surface area contributed by atoms with Crippen LogP contribution in [-0.4, -0.2) is 0 Å². The minimum absolute atomic E-state index is 0.281. The highest BCUT2D eigenvalue weighted by Gasteiger charge is 2.18. The summed E-state index contributed by atoms with van der Waals surface area (Å²) in [5.74, 6) is 1.60. The summed E-state index contributed by atoms with van der Waals surface area (Å²) in [7, 11) is 0. The second-order valence-corrected chi connectivity index (χ2v) is 4.74. The summed E-state index contributed by atoms with van der Waals surface area (Å²) in [5.41, 5.74) is 0. The van der Waals surface area contributed by atoms with Gasteiger partial charge in [0.1, 0.15) is 16.9 Å². The third-order valence-electron chi connectivity index (χ3n) is 1.89. The van der Waals surface area contributed by atoms with Crippen molar-refractivity contribution in [1.29, 1.82) is 0 Å². The molecule has 2 aromatic rings. The molecule has 0 spiro atoms. The fourth-order valence-electron chi connectivity index (χ4n) is 1.21. The molecule has 74 valence electrons. The van der Waals surface area contributed by atoms with Gasteiger partial charge in [0.05, 0.1) is 5.02 Å². The lowest BCUT2D eigenvalue weighted by Gasteiger charge is -2.03. The quantitative estimate of drug-likeness (QED) is 0.705. The van der Waals surface area contributed by atoms with E-state index in [0.29, 0.717) is 5.02 Å². The summed E-state index contributed by atoms with van der Waals surface area (Å²) < 4.78 is 5.44. The Hall–Kier alpha value is -0.440. The molecule has 0 aromatic carbocycles. The zero-order valence-corrected chi connectivity index (χ0v) is 9.79. The number of hydrogen-bond acceptors (Lipinski definition) is 2. The number of aryl methyl sites for hydroxylation is 1. The van der Waals surface area contributed by atoms with Gasteiger partial charge < -0.3 is 4.42 Å². The van der Waals surface area contributed by atoms with Crippen molar-refractivity contribution in [2.24, 2.45) is 0 Å². The van der Waals surface area contributed by atoms with Crippen LogP contribution in [0.2, 0.25) is 5.02 Å². The Kier molecular flexibility index (Phi) is 2.86. The fraction of sp³-hybridized carbons (Fsp3) is 0.200. The highest BCUT2D eigenvalue weighted by atomic mass is 35.5.